The molecule has 4 heteroatoms. The molecule has 0 atom stereocenters. The molecule has 88 valence electrons. The average molecular weight is 221 g/mol. The summed E-state index contributed by atoms with van der Waals surface area (Å²) >= 11 is 0. The third-order valence-electron chi connectivity index (χ3n) is 2.18. The molecular weight excluding hydrogens is 202 g/mol. The first-order valence-corrected chi connectivity index (χ1v) is 5.74. The van der Waals surface area contributed by atoms with E-state index in [1.54, 1.807) is 6.20 Å². The standard InChI is InChI=1S/C12H19N3O/c1-2-3-7-12(16)15-10-9-14-11-6-4-5-8-13-11/h4-6,8H,2-3,7,9-10H2,1H3,(H,13,14)(H,15,16). The average Bonchev–Trinajstić information content (AvgIpc) is 2.33. The molecule has 0 radical (unpaired) electrons. The normalized spacial score (nSPS) is 9.81. The summed E-state index contributed by atoms with van der Waals surface area (Å²) in [7, 11) is 0. The molecule has 4 nitrogen and oxygen atoms in total. The van der Waals surface area contributed by atoms with Crippen LogP contribution in [0.1, 0.15) is 26.2 Å². The van der Waals surface area contributed by atoms with E-state index >= 15 is 0 Å². The zero-order valence-electron chi connectivity index (χ0n) is 9.70. The third kappa shape index (κ3) is 5.34. The maximum absolute atomic E-state index is 11.3. The van der Waals surface area contributed by atoms with Gasteiger partial charge in [0, 0.05) is 25.7 Å². The van der Waals surface area contributed by atoms with Gasteiger partial charge in [0.05, 0.1) is 0 Å². The number of carbonyl (C=O) groups is 1. The number of hydrogen-bond donors (Lipinski definition) is 2. The van der Waals surface area contributed by atoms with Gasteiger partial charge in [0.15, 0.2) is 0 Å². The third-order valence-corrected chi connectivity index (χ3v) is 2.18. The summed E-state index contributed by atoms with van der Waals surface area (Å²) in [6, 6.07) is 5.70. The lowest BCUT2D eigenvalue weighted by Crippen LogP contribution is -2.28. The van der Waals surface area contributed by atoms with Gasteiger partial charge in [0.2, 0.25) is 5.91 Å². The molecule has 1 aromatic rings. The molecule has 0 aromatic carbocycles. The molecule has 0 aliphatic heterocycles. The monoisotopic (exact) mass is 221 g/mol. The Balaban J connectivity index is 2.06. The van der Waals surface area contributed by atoms with Gasteiger partial charge in [-0.05, 0) is 18.6 Å². The van der Waals surface area contributed by atoms with Crippen LogP contribution in [0.4, 0.5) is 5.82 Å². The van der Waals surface area contributed by atoms with Crippen molar-refractivity contribution in [1.82, 2.24) is 10.3 Å². The van der Waals surface area contributed by atoms with Gasteiger partial charge < -0.3 is 10.6 Å². The van der Waals surface area contributed by atoms with Crippen LogP contribution in [0, 0.1) is 0 Å². The predicted octanol–water partition coefficient (Wildman–Crippen LogP) is 1.80. The van der Waals surface area contributed by atoms with Crippen molar-refractivity contribution in [3.8, 4) is 0 Å². The first-order chi connectivity index (χ1) is 7.83. The molecule has 2 N–H and O–H groups in total. The Morgan fingerprint density at radius 3 is 2.94 bits per heavy atom. The number of carbonyl (C=O) groups excluding carboxylic acids is 1. The Hall–Kier alpha value is -1.58. The Labute approximate surface area is 96.5 Å². The van der Waals surface area contributed by atoms with Crippen LogP contribution >= 0.6 is 0 Å². The fourth-order valence-corrected chi connectivity index (χ4v) is 1.29. The largest absolute Gasteiger partial charge is 0.368 e. The maximum Gasteiger partial charge on any atom is 0.220 e. The summed E-state index contributed by atoms with van der Waals surface area (Å²) in [5, 5.41) is 5.99. The summed E-state index contributed by atoms with van der Waals surface area (Å²) in [6.07, 6.45) is 4.38. The van der Waals surface area contributed by atoms with Gasteiger partial charge in [-0.2, -0.15) is 0 Å². The number of unbranched alkanes of at least 4 members (excludes halogenated alkanes) is 1. The first kappa shape index (κ1) is 12.5. The number of aromatic nitrogens is 1. The number of hydrogen-bond acceptors (Lipinski definition) is 3. The van der Waals surface area contributed by atoms with E-state index < -0.39 is 0 Å². The molecule has 1 rings (SSSR count). The molecule has 1 aromatic heterocycles. The molecule has 0 saturated carbocycles. The SMILES string of the molecule is CCCCC(=O)NCCNc1ccccn1. The van der Waals surface area contributed by atoms with E-state index in [1.807, 2.05) is 18.2 Å². The Bertz CT molecular complexity index is 300. The fraction of sp³-hybridized carbons (Fsp3) is 0.500. The summed E-state index contributed by atoms with van der Waals surface area (Å²) in [6.45, 7) is 3.42. The lowest BCUT2D eigenvalue weighted by molar-refractivity contribution is -0.121. The van der Waals surface area contributed by atoms with Crippen molar-refractivity contribution >= 4 is 11.7 Å². The van der Waals surface area contributed by atoms with Crippen molar-refractivity contribution in [1.29, 1.82) is 0 Å². The molecule has 0 aliphatic carbocycles. The zero-order valence-corrected chi connectivity index (χ0v) is 9.70. The van der Waals surface area contributed by atoms with Crippen LogP contribution in [0.3, 0.4) is 0 Å². The molecule has 0 unspecified atom stereocenters. The summed E-state index contributed by atoms with van der Waals surface area (Å²) < 4.78 is 0. The number of pyridine rings is 1. The Kier molecular flexibility index (Phi) is 5.99. The molecule has 0 aliphatic rings. The zero-order chi connectivity index (χ0) is 11.6. The predicted molar refractivity (Wildman–Crippen MR) is 65.3 cm³/mol. The highest BCUT2D eigenvalue weighted by molar-refractivity contribution is 5.75. The summed E-state index contributed by atoms with van der Waals surface area (Å²) in [5.41, 5.74) is 0. The minimum atomic E-state index is 0.129. The van der Waals surface area contributed by atoms with E-state index in [4.69, 9.17) is 0 Å². The second kappa shape index (κ2) is 7.68. The summed E-state index contributed by atoms with van der Waals surface area (Å²) in [5.74, 6) is 0.968. The molecular formula is C12H19N3O. The highest BCUT2D eigenvalue weighted by atomic mass is 16.1. The minimum absolute atomic E-state index is 0.129. The van der Waals surface area contributed by atoms with Gasteiger partial charge in [-0.3, -0.25) is 4.79 Å². The van der Waals surface area contributed by atoms with Crippen LogP contribution in [-0.2, 0) is 4.79 Å². The van der Waals surface area contributed by atoms with E-state index in [1.165, 1.54) is 0 Å². The second-order valence-electron chi connectivity index (χ2n) is 3.60. The van der Waals surface area contributed by atoms with Crippen molar-refractivity contribution < 1.29 is 4.79 Å². The van der Waals surface area contributed by atoms with Crippen LogP contribution in [0.5, 0.6) is 0 Å². The van der Waals surface area contributed by atoms with E-state index in [9.17, 15) is 4.79 Å². The fourth-order valence-electron chi connectivity index (χ4n) is 1.29. The Morgan fingerprint density at radius 2 is 2.25 bits per heavy atom. The van der Waals surface area contributed by atoms with E-state index in [0.717, 1.165) is 18.7 Å². The van der Waals surface area contributed by atoms with Crippen molar-refractivity contribution in [2.45, 2.75) is 26.2 Å². The van der Waals surface area contributed by atoms with E-state index in [2.05, 4.69) is 22.5 Å². The van der Waals surface area contributed by atoms with Crippen molar-refractivity contribution in [2.24, 2.45) is 0 Å². The number of anilines is 1. The second-order valence-corrected chi connectivity index (χ2v) is 3.60. The Morgan fingerprint density at radius 1 is 1.38 bits per heavy atom. The first-order valence-electron chi connectivity index (χ1n) is 5.74. The number of amides is 1. The minimum Gasteiger partial charge on any atom is -0.368 e. The van der Waals surface area contributed by atoms with Gasteiger partial charge in [-0.15, -0.1) is 0 Å². The van der Waals surface area contributed by atoms with Crippen LogP contribution in [-0.4, -0.2) is 24.0 Å². The van der Waals surface area contributed by atoms with Crippen LogP contribution in [0.25, 0.3) is 0 Å². The molecule has 1 heterocycles. The van der Waals surface area contributed by atoms with E-state index in [-0.39, 0.29) is 5.91 Å². The van der Waals surface area contributed by atoms with Crippen LogP contribution < -0.4 is 10.6 Å². The molecule has 1 amide bonds. The van der Waals surface area contributed by atoms with Gasteiger partial charge in [0.1, 0.15) is 5.82 Å². The highest BCUT2D eigenvalue weighted by Crippen LogP contribution is 1.98. The highest BCUT2D eigenvalue weighted by Gasteiger charge is 1.98. The number of nitrogens with zero attached hydrogens (tertiary/aromatic N) is 1. The van der Waals surface area contributed by atoms with Gasteiger partial charge in [-0.25, -0.2) is 4.98 Å². The lowest BCUT2D eigenvalue weighted by atomic mass is 10.2. The van der Waals surface area contributed by atoms with Crippen molar-refractivity contribution in [2.75, 3.05) is 18.4 Å². The molecule has 0 bridgehead atoms. The van der Waals surface area contributed by atoms with Crippen LogP contribution in [0.15, 0.2) is 24.4 Å². The van der Waals surface area contributed by atoms with Gasteiger partial charge in [-0.1, -0.05) is 19.4 Å². The quantitative estimate of drug-likeness (QED) is 0.690. The summed E-state index contributed by atoms with van der Waals surface area (Å²) in [4.78, 5) is 15.4. The van der Waals surface area contributed by atoms with Crippen molar-refractivity contribution in [3.05, 3.63) is 24.4 Å². The smallest absolute Gasteiger partial charge is 0.220 e. The molecule has 16 heavy (non-hydrogen) atoms. The number of nitrogens with one attached hydrogen (secondary N) is 2. The van der Waals surface area contributed by atoms with Crippen LogP contribution in [0.2, 0.25) is 0 Å². The van der Waals surface area contributed by atoms with Gasteiger partial charge in [0.25, 0.3) is 0 Å². The molecule has 0 spiro atoms. The van der Waals surface area contributed by atoms with E-state index in [0.29, 0.717) is 19.5 Å². The topological polar surface area (TPSA) is 54.0 Å². The lowest BCUT2D eigenvalue weighted by Gasteiger charge is -2.06. The van der Waals surface area contributed by atoms with Gasteiger partial charge >= 0.3 is 0 Å². The molecule has 0 fully saturated rings. The van der Waals surface area contributed by atoms with Crippen molar-refractivity contribution in [3.63, 3.8) is 0 Å². The molecule has 0 saturated heterocycles. The maximum atomic E-state index is 11.3. The number of rotatable bonds is 7.